The lowest BCUT2D eigenvalue weighted by Crippen LogP contribution is -2.45. The van der Waals surface area contributed by atoms with E-state index in [2.05, 4.69) is 40.1 Å². The summed E-state index contributed by atoms with van der Waals surface area (Å²) in [6.07, 6.45) is 4.11. The summed E-state index contributed by atoms with van der Waals surface area (Å²) in [6, 6.07) is 18.7. The fourth-order valence-corrected chi connectivity index (χ4v) is 4.94. The smallest absolute Gasteiger partial charge is 0.124 e. The Hall–Kier alpha value is -1.88. The molecule has 0 aliphatic carbocycles. The van der Waals surface area contributed by atoms with Crippen LogP contribution in [0.5, 0.6) is 5.75 Å². The third kappa shape index (κ3) is 5.00. The standard InChI is InChI=1S/C25H34N2O2/c1-29-24-10-6-5-9-23(24)25(28)13-17-27(18-14-25)20-22-11-15-26(16-12-22)19-21-7-3-2-4-8-21/h2-10,22,28H,11-20H2,1H3. The molecule has 0 atom stereocenters. The molecule has 0 radical (unpaired) electrons. The molecule has 0 unspecified atom stereocenters. The monoisotopic (exact) mass is 394 g/mol. The largest absolute Gasteiger partial charge is 0.496 e. The molecule has 29 heavy (non-hydrogen) atoms. The molecular formula is C25H34N2O2. The third-order valence-electron chi connectivity index (χ3n) is 6.76. The van der Waals surface area contributed by atoms with E-state index in [1.54, 1.807) is 7.11 Å². The number of likely N-dealkylation sites (tertiary alicyclic amines) is 2. The van der Waals surface area contributed by atoms with Crippen LogP contribution >= 0.6 is 0 Å². The Morgan fingerprint density at radius 1 is 0.897 bits per heavy atom. The average Bonchev–Trinajstić information content (AvgIpc) is 2.77. The molecule has 0 bridgehead atoms. The van der Waals surface area contributed by atoms with E-state index in [4.69, 9.17) is 4.74 Å². The van der Waals surface area contributed by atoms with Gasteiger partial charge < -0.3 is 14.7 Å². The van der Waals surface area contributed by atoms with E-state index in [0.717, 1.165) is 49.7 Å². The molecule has 156 valence electrons. The number of aliphatic hydroxyl groups is 1. The van der Waals surface area contributed by atoms with Gasteiger partial charge >= 0.3 is 0 Å². The molecule has 0 aromatic heterocycles. The first-order chi connectivity index (χ1) is 14.2. The van der Waals surface area contributed by atoms with Crippen molar-refractivity contribution in [1.29, 1.82) is 0 Å². The molecule has 0 spiro atoms. The number of nitrogens with zero attached hydrogens (tertiary/aromatic N) is 2. The minimum atomic E-state index is -0.762. The number of methoxy groups -OCH3 is 1. The molecule has 4 rings (SSSR count). The maximum atomic E-state index is 11.2. The molecule has 2 heterocycles. The van der Waals surface area contributed by atoms with Crippen molar-refractivity contribution in [3.05, 3.63) is 65.7 Å². The number of ether oxygens (including phenoxy) is 1. The Bertz CT molecular complexity index is 763. The van der Waals surface area contributed by atoms with Gasteiger partial charge in [-0.25, -0.2) is 0 Å². The van der Waals surface area contributed by atoms with E-state index < -0.39 is 5.60 Å². The van der Waals surface area contributed by atoms with Gasteiger partial charge in [0, 0.05) is 31.7 Å². The molecule has 2 aromatic rings. The molecule has 2 aromatic carbocycles. The van der Waals surface area contributed by atoms with Crippen LogP contribution in [0.15, 0.2) is 54.6 Å². The number of hydrogen-bond donors (Lipinski definition) is 1. The average molecular weight is 395 g/mol. The van der Waals surface area contributed by atoms with Gasteiger partial charge in [0.25, 0.3) is 0 Å². The van der Waals surface area contributed by atoms with Crippen LogP contribution < -0.4 is 4.74 Å². The summed E-state index contributed by atoms with van der Waals surface area (Å²) < 4.78 is 5.49. The van der Waals surface area contributed by atoms with Gasteiger partial charge in [0.1, 0.15) is 5.75 Å². The van der Waals surface area contributed by atoms with Crippen molar-refractivity contribution in [2.24, 2.45) is 5.92 Å². The van der Waals surface area contributed by atoms with Gasteiger partial charge in [-0.05, 0) is 56.3 Å². The van der Waals surface area contributed by atoms with E-state index in [9.17, 15) is 5.11 Å². The summed E-state index contributed by atoms with van der Waals surface area (Å²) in [4.78, 5) is 5.14. The zero-order valence-corrected chi connectivity index (χ0v) is 17.6. The van der Waals surface area contributed by atoms with E-state index >= 15 is 0 Å². The van der Waals surface area contributed by atoms with E-state index in [1.807, 2.05) is 24.3 Å². The molecule has 1 N–H and O–H groups in total. The summed E-state index contributed by atoms with van der Waals surface area (Å²) in [6.45, 7) is 6.54. The first-order valence-corrected chi connectivity index (χ1v) is 11.0. The summed E-state index contributed by atoms with van der Waals surface area (Å²) >= 11 is 0. The summed E-state index contributed by atoms with van der Waals surface area (Å²) in [7, 11) is 1.68. The first kappa shape index (κ1) is 20.4. The molecular weight excluding hydrogens is 360 g/mol. The van der Waals surface area contributed by atoms with Crippen molar-refractivity contribution < 1.29 is 9.84 Å². The SMILES string of the molecule is COc1ccccc1C1(O)CCN(CC2CCN(Cc3ccccc3)CC2)CC1. The topological polar surface area (TPSA) is 35.9 Å². The predicted octanol–water partition coefficient (Wildman–Crippen LogP) is 3.89. The van der Waals surface area contributed by atoms with Gasteiger partial charge in [-0.3, -0.25) is 4.90 Å². The van der Waals surface area contributed by atoms with Gasteiger partial charge in [0.15, 0.2) is 0 Å². The lowest BCUT2D eigenvalue weighted by atomic mass is 9.83. The number of piperidine rings is 2. The highest BCUT2D eigenvalue weighted by Gasteiger charge is 2.36. The van der Waals surface area contributed by atoms with Gasteiger partial charge in [0.2, 0.25) is 0 Å². The van der Waals surface area contributed by atoms with Crippen molar-refractivity contribution in [3.8, 4) is 5.75 Å². The van der Waals surface area contributed by atoms with Crippen molar-refractivity contribution in [3.63, 3.8) is 0 Å². The second-order valence-corrected chi connectivity index (χ2v) is 8.74. The van der Waals surface area contributed by atoms with Gasteiger partial charge in [0.05, 0.1) is 12.7 Å². The minimum absolute atomic E-state index is 0.762. The number of para-hydroxylation sites is 1. The fraction of sp³-hybridized carbons (Fsp3) is 0.520. The third-order valence-corrected chi connectivity index (χ3v) is 6.76. The van der Waals surface area contributed by atoms with Crippen molar-refractivity contribution in [2.75, 3.05) is 39.8 Å². The predicted molar refractivity (Wildman–Crippen MR) is 117 cm³/mol. The molecule has 2 saturated heterocycles. The van der Waals surface area contributed by atoms with E-state index in [-0.39, 0.29) is 0 Å². The Morgan fingerprint density at radius 2 is 1.55 bits per heavy atom. The minimum Gasteiger partial charge on any atom is -0.496 e. The van der Waals surface area contributed by atoms with Crippen LogP contribution in [0.4, 0.5) is 0 Å². The van der Waals surface area contributed by atoms with Crippen LogP contribution in [-0.2, 0) is 12.1 Å². The van der Waals surface area contributed by atoms with Crippen molar-refractivity contribution >= 4 is 0 Å². The Morgan fingerprint density at radius 3 is 2.24 bits per heavy atom. The Labute approximate surface area is 175 Å². The maximum absolute atomic E-state index is 11.2. The molecule has 2 aliphatic rings. The molecule has 4 heteroatoms. The van der Waals surface area contributed by atoms with Gasteiger partial charge in [-0.1, -0.05) is 48.5 Å². The van der Waals surface area contributed by atoms with E-state index in [0.29, 0.717) is 0 Å². The molecule has 0 saturated carbocycles. The van der Waals surface area contributed by atoms with E-state index in [1.165, 1.54) is 38.0 Å². The Balaban J connectivity index is 1.24. The zero-order valence-electron chi connectivity index (χ0n) is 17.6. The molecule has 2 aliphatic heterocycles. The lowest BCUT2D eigenvalue weighted by molar-refractivity contribution is -0.0321. The van der Waals surface area contributed by atoms with Crippen LogP contribution in [0.25, 0.3) is 0 Å². The maximum Gasteiger partial charge on any atom is 0.124 e. The van der Waals surface area contributed by atoms with Crippen LogP contribution in [0.1, 0.15) is 36.8 Å². The highest BCUT2D eigenvalue weighted by atomic mass is 16.5. The van der Waals surface area contributed by atoms with Crippen LogP contribution in [0.2, 0.25) is 0 Å². The summed E-state index contributed by atoms with van der Waals surface area (Å²) in [5.74, 6) is 1.58. The Kier molecular flexibility index (Phi) is 6.53. The second-order valence-electron chi connectivity index (χ2n) is 8.74. The number of benzene rings is 2. The van der Waals surface area contributed by atoms with Gasteiger partial charge in [-0.15, -0.1) is 0 Å². The van der Waals surface area contributed by atoms with Crippen molar-refractivity contribution in [1.82, 2.24) is 9.80 Å². The molecule has 0 amide bonds. The number of rotatable bonds is 6. The lowest BCUT2D eigenvalue weighted by Gasteiger charge is -2.41. The van der Waals surface area contributed by atoms with Crippen LogP contribution in [-0.4, -0.2) is 54.7 Å². The zero-order chi connectivity index (χ0) is 20.1. The summed E-state index contributed by atoms with van der Waals surface area (Å²) in [5.41, 5.74) is 1.59. The van der Waals surface area contributed by atoms with Crippen LogP contribution in [0, 0.1) is 5.92 Å². The van der Waals surface area contributed by atoms with Gasteiger partial charge in [-0.2, -0.15) is 0 Å². The van der Waals surface area contributed by atoms with Crippen molar-refractivity contribution in [2.45, 2.75) is 37.8 Å². The quantitative estimate of drug-likeness (QED) is 0.806. The fourth-order valence-electron chi connectivity index (χ4n) is 4.94. The summed E-state index contributed by atoms with van der Waals surface area (Å²) in [5, 5.41) is 11.2. The highest BCUT2D eigenvalue weighted by molar-refractivity contribution is 5.38. The molecule has 4 nitrogen and oxygen atoms in total. The normalized spacial score (nSPS) is 21.2. The molecule has 2 fully saturated rings. The first-order valence-electron chi connectivity index (χ1n) is 11.0. The van der Waals surface area contributed by atoms with Crippen LogP contribution in [0.3, 0.4) is 0 Å². The highest BCUT2D eigenvalue weighted by Crippen LogP contribution is 2.38. The number of hydrogen-bond acceptors (Lipinski definition) is 4. The second kappa shape index (κ2) is 9.29.